The second-order valence-electron chi connectivity index (χ2n) is 2.18. The molecule has 2 nitrogen and oxygen atoms in total. The number of carbonyl (C=O) groups excluding carboxylic acids is 1. The Balaban J connectivity index is 2.51. The van der Waals surface area contributed by atoms with Crippen molar-refractivity contribution < 1.29 is 9.53 Å². The minimum Gasteiger partial charge on any atom is -0.380 e. The van der Waals surface area contributed by atoms with E-state index in [9.17, 15) is 4.79 Å². The molecule has 0 amide bonds. The molecule has 1 fully saturated rings. The number of rotatable bonds is 1. The first-order chi connectivity index (χ1) is 4.25. The van der Waals surface area contributed by atoms with Crippen molar-refractivity contribution >= 4 is 21.7 Å². The number of hydrogen-bond acceptors (Lipinski definition) is 2. The molecule has 1 saturated carbocycles. The van der Waals surface area contributed by atoms with Gasteiger partial charge in [-0.2, -0.15) is 0 Å². The Morgan fingerprint density at radius 3 is 2.67 bits per heavy atom. The molecule has 1 aliphatic carbocycles. The Labute approximate surface area is 62.7 Å². The van der Waals surface area contributed by atoms with Crippen LogP contribution in [0.1, 0.15) is 12.8 Å². The van der Waals surface area contributed by atoms with E-state index in [1.165, 1.54) is 0 Å². The van der Waals surface area contributed by atoms with Crippen LogP contribution < -0.4 is 0 Å². The minimum atomic E-state index is -0.0532. The van der Waals surface area contributed by atoms with E-state index in [0.717, 1.165) is 6.42 Å². The number of methoxy groups -OCH3 is 1. The highest BCUT2D eigenvalue weighted by molar-refractivity contribution is 9.10. The van der Waals surface area contributed by atoms with Crippen LogP contribution in [0.2, 0.25) is 0 Å². The van der Waals surface area contributed by atoms with Crippen molar-refractivity contribution in [3.05, 3.63) is 0 Å². The second-order valence-corrected chi connectivity index (χ2v) is 3.17. The number of alkyl halides is 1. The number of halogens is 1. The molecule has 0 aromatic rings. The van der Waals surface area contributed by atoms with E-state index >= 15 is 0 Å². The van der Waals surface area contributed by atoms with Crippen LogP contribution in [0, 0.1) is 0 Å². The summed E-state index contributed by atoms with van der Waals surface area (Å²) < 4.78 is 5.03. The van der Waals surface area contributed by atoms with Gasteiger partial charge in [-0.05, 0) is 6.42 Å². The van der Waals surface area contributed by atoms with E-state index in [-0.39, 0.29) is 16.7 Å². The average molecular weight is 193 g/mol. The monoisotopic (exact) mass is 192 g/mol. The fraction of sp³-hybridized carbons (Fsp3) is 0.833. The van der Waals surface area contributed by atoms with Gasteiger partial charge in [0.25, 0.3) is 0 Å². The summed E-state index contributed by atoms with van der Waals surface area (Å²) in [4.78, 5) is 10.8. The molecule has 0 radical (unpaired) electrons. The summed E-state index contributed by atoms with van der Waals surface area (Å²) in [7, 11) is 1.64. The van der Waals surface area contributed by atoms with Gasteiger partial charge < -0.3 is 4.74 Å². The maximum absolute atomic E-state index is 10.8. The number of carbonyl (C=O) groups is 1. The first kappa shape index (κ1) is 7.22. The van der Waals surface area contributed by atoms with E-state index in [1.54, 1.807) is 7.11 Å². The fourth-order valence-electron chi connectivity index (χ4n) is 1.01. The third kappa shape index (κ3) is 1.33. The van der Waals surface area contributed by atoms with Gasteiger partial charge >= 0.3 is 0 Å². The lowest BCUT2D eigenvalue weighted by Crippen LogP contribution is -2.20. The highest BCUT2D eigenvalue weighted by Crippen LogP contribution is 2.24. The molecule has 0 heterocycles. The minimum absolute atomic E-state index is 0.0532. The van der Waals surface area contributed by atoms with E-state index in [1.807, 2.05) is 0 Å². The predicted molar refractivity (Wildman–Crippen MR) is 37.8 cm³/mol. The van der Waals surface area contributed by atoms with Gasteiger partial charge in [0.15, 0.2) is 0 Å². The summed E-state index contributed by atoms with van der Waals surface area (Å²) in [6, 6.07) is 0. The lowest BCUT2D eigenvalue weighted by atomic mass is 10.3. The lowest BCUT2D eigenvalue weighted by molar-refractivity contribution is -0.117. The average Bonchev–Trinajstić information content (AvgIpc) is 2.15. The number of ether oxygens (including phenoxy) is 1. The van der Waals surface area contributed by atoms with Crippen LogP contribution >= 0.6 is 15.9 Å². The van der Waals surface area contributed by atoms with Crippen LogP contribution in [0.5, 0.6) is 0 Å². The number of Topliss-reactive ketones (excluding diaryl/α,β-unsaturated/α-hetero) is 1. The van der Waals surface area contributed by atoms with Gasteiger partial charge in [0.2, 0.25) is 0 Å². The number of ketones is 1. The first-order valence-electron chi connectivity index (χ1n) is 2.95. The largest absolute Gasteiger partial charge is 0.380 e. The molecule has 0 aromatic heterocycles. The molecule has 0 aromatic carbocycles. The van der Waals surface area contributed by atoms with Crippen LogP contribution in [0.15, 0.2) is 0 Å². The van der Waals surface area contributed by atoms with E-state index in [2.05, 4.69) is 15.9 Å². The van der Waals surface area contributed by atoms with E-state index in [4.69, 9.17) is 4.74 Å². The molecule has 3 heteroatoms. The normalized spacial score (nSPS) is 35.6. The van der Waals surface area contributed by atoms with Crippen LogP contribution in [-0.2, 0) is 9.53 Å². The molecular weight excluding hydrogens is 184 g/mol. The Hall–Kier alpha value is 0.110. The quantitative estimate of drug-likeness (QED) is 0.583. The number of hydrogen-bond donors (Lipinski definition) is 0. The predicted octanol–water partition coefficient (Wildman–Crippen LogP) is 1.13. The Bertz CT molecular complexity index is 124. The molecule has 9 heavy (non-hydrogen) atoms. The van der Waals surface area contributed by atoms with Crippen molar-refractivity contribution in [3.63, 3.8) is 0 Å². The van der Waals surface area contributed by atoms with Crippen LogP contribution in [0.4, 0.5) is 0 Å². The lowest BCUT2D eigenvalue weighted by Gasteiger charge is -2.08. The molecule has 0 N–H and O–H groups in total. The van der Waals surface area contributed by atoms with E-state index in [0.29, 0.717) is 6.42 Å². The summed E-state index contributed by atoms with van der Waals surface area (Å²) in [5, 5.41) is 0. The second kappa shape index (κ2) is 2.80. The molecule has 0 bridgehead atoms. The van der Waals surface area contributed by atoms with Gasteiger partial charge in [0.05, 0.1) is 10.9 Å². The molecule has 0 aliphatic heterocycles. The van der Waals surface area contributed by atoms with Gasteiger partial charge in [-0.3, -0.25) is 4.79 Å². The molecule has 2 unspecified atom stereocenters. The van der Waals surface area contributed by atoms with Crippen molar-refractivity contribution in [3.8, 4) is 0 Å². The van der Waals surface area contributed by atoms with Crippen LogP contribution in [-0.4, -0.2) is 23.8 Å². The first-order valence-corrected chi connectivity index (χ1v) is 3.87. The van der Waals surface area contributed by atoms with Crippen LogP contribution in [0.25, 0.3) is 0 Å². The van der Waals surface area contributed by atoms with E-state index < -0.39 is 0 Å². The molecule has 1 rings (SSSR count). The van der Waals surface area contributed by atoms with Gasteiger partial charge in [0.1, 0.15) is 5.78 Å². The topological polar surface area (TPSA) is 26.3 Å². The fourth-order valence-corrected chi connectivity index (χ4v) is 1.72. The zero-order valence-corrected chi connectivity index (χ0v) is 6.85. The molecule has 52 valence electrons. The van der Waals surface area contributed by atoms with Crippen molar-refractivity contribution in [2.45, 2.75) is 23.8 Å². The molecule has 1 aliphatic rings. The third-order valence-corrected chi connectivity index (χ3v) is 2.71. The smallest absolute Gasteiger partial charge is 0.149 e. The molecular formula is C6H9BrO2. The molecule has 0 saturated heterocycles. The summed E-state index contributed by atoms with van der Waals surface area (Å²) in [5.74, 6) is 0.266. The van der Waals surface area contributed by atoms with Crippen molar-refractivity contribution in [2.75, 3.05) is 7.11 Å². The van der Waals surface area contributed by atoms with Crippen molar-refractivity contribution in [2.24, 2.45) is 0 Å². The summed E-state index contributed by atoms with van der Waals surface area (Å²) in [6.07, 6.45) is 1.64. The molecule has 2 atom stereocenters. The zero-order chi connectivity index (χ0) is 6.85. The Morgan fingerprint density at radius 1 is 1.78 bits per heavy atom. The van der Waals surface area contributed by atoms with Gasteiger partial charge in [-0.25, -0.2) is 0 Å². The summed E-state index contributed by atoms with van der Waals surface area (Å²) in [5.41, 5.74) is 0. The maximum Gasteiger partial charge on any atom is 0.149 e. The van der Waals surface area contributed by atoms with Crippen molar-refractivity contribution in [1.29, 1.82) is 0 Å². The summed E-state index contributed by atoms with van der Waals surface area (Å²) in [6.45, 7) is 0. The van der Waals surface area contributed by atoms with Gasteiger partial charge in [-0.1, -0.05) is 15.9 Å². The standard InChI is InChI=1S/C6H9BrO2/c1-9-5-3-2-4(8)6(5)7/h5-6H,2-3H2,1H3. The Kier molecular flexibility index (Phi) is 2.24. The Morgan fingerprint density at radius 2 is 2.44 bits per heavy atom. The van der Waals surface area contributed by atoms with Gasteiger partial charge in [-0.15, -0.1) is 0 Å². The molecule has 0 spiro atoms. The van der Waals surface area contributed by atoms with Gasteiger partial charge in [0, 0.05) is 13.5 Å². The third-order valence-electron chi connectivity index (χ3n) is 1.61. The SMILES string of the molecule is COC1CCC(=O)C1Br. The maximum atomic E-state index is 10.8. The van der Waals surface area contributed by atoms with Crippen LogP contribution in [0.3, 0.4) is 0 Å². The highest BCUT2D eigenvalue weighted by Gasteiger charge is 2.32. The summed E-state index contributed by atoms with van der Waals surface area (Å²) >= 11 is 3.26. The zero-order valence-electron chi connectivity index (χ0n) is 5.26. The highest BCUT2D eigenvalue weighted by atomic mass is 79.9. The van der Waals surface area contributed by atoms with Crippen molar-refractivity contribution in [1.82, 2.24) is 0 Å².